The van der Waals surface area contributed by atoms with Gasteiger partial charge in [-0.25, -0.2) is 0 Å². The highest BCUT2D eigenvalue weighted by molar-refractivity contribution is 9.10. The summed E-state index contributed by atoms with van der Waals surface area (Å²) in [5.41, 5.74) is 2.61. The lowest BCUT2D eigenvalue weighted by Crippen LogP contribution is -2.35. The van der Waals surface area contributed by atoms with Crippen molar-refractivity contribution < 1.29 is 4.79 Å². The lowest BCUT2D eigenvalue weighted by atomic mass is 10.1. The Hall–Kier alpha value is -2.16. The zero-order valence-corrected chi connectivity index (χ0v) is 15.6. The van der Waals surface area contributed by atoms with Crippen LogP contribution in [0.4, 0.5) is 0 Å². The van der Waals surface area contributed by atoms with E-state index in [2.05, 4.69) is 26.9 Å². The highest BCUT2D eigenvalue weighted by atomic mass is 79.9. The number of carbonyl (C=O) groups excluding carboxylic acids is 1. The zero-order chi connectivity index (χ0) is 17.6. The standard InChI is InChI=1S/C20H20BrN3O/c21-19-5-2-1-4-18(19)20(25)24-11-3-10-23(12-13-24)15-17-8-6-16(14-22)7-9-17/h1-2,4-9H,3,10-13,15H2. The molecule has 4 nitrogen and oxygen atoms in total. The molecule has 1 heterocycles. The number of halogens is 1. The molecule has 0 radical (unpaired) electrons. The average molecular weight is 398 g/mol. The average Bonchev–Trinajstić information content (AvgIpc) is 2.88. The number of nitriles is 1. The molecule has 0 spiro atoms. The van der Waals surface area contributed by atoms with Crippen molar-refractivity contribution in [2.75, 3.05) is 26.2 Å². The summed E-state index contributed by atoms with van der Waals surface area (Å²) >= 11 is 3.47. The van der Waals surface area contributed by atoms with Crippen molar-refractivity contribution in [2.24, 2.45) is 0 Å². The molecule has 128 valence electrons. The Morgan fingerprint density at radius 2 is 1.80 bits per heavy atom. The van der Waals surface area contributed by atoms with E-state index >= 15 is 0 Å². The summed E-state index contributed by atoms with van der Waals surface area (Å²) < 4.78 is 0.846. The number of benzene rings is 2. The molecule has 1 saturated heterocycles. The third-order valence-corrected chi connectivity index (χ3v) is 5.16. The Kier molecular flexibility index (Phi) is 5.85. The summed E-state index contributed by atoms with van der Waals surface area (Å²) in [4.78, 5) is 17.1. The van der Waals surface area contributed by atoms with Crippen molar-refractivity contribution in [1.29, 1.82) is 5.26 Å². The smallest absolute Gasteiger partial charge is 0.255 e. The molecule has 0 aliphatic carbocycles. The Morgan fingerprint density at radius 1 is 1.04 bits per heavy atom. The Morgan fingerprint density at radius 3 is 2.52 bits per heavy atom. The third kappa shape index (κ3) is 4.47. The molecule has 0 N–H and O–H groups in total. The molecule has 3 rings (SSSR count). The van der Waals surface area contributed by atoms with Gasteiger partial charge in [0.2, 0.25) is 0 Å². The SMILES string of the molecule is N#Cc1ccc(CN2CCCN(C(=O)c3ccccc3Br)CC2)cc1. The monoisotopic (exact) mass is 397 g/mol. The maximum Gasteiger partial charge on any atom is 0.255 e. The van der Waals surface area contributed by atoms with Gasteiger partial charge in [-0.3, -0.25) is 9.69 Å². The number of amides is 1. The summed E-state index contributed by atoms with van der Waals surface area (Å²) in [6, 6.07) is 17.5. The van der Waals surface area contributed by atoms with E-state index < -0.39 is 0 Å². The van der Waals surface area contributed by atoms with Gasteiger partial charge in [0.25, 0.3) is 5.91 Å². The summed E-state index contributed by atoms with van der Waals surface area (Å²) in [5.74, 6) is 0.0905. The number of nitrogens with zero attached hydrogens (tertiary/aromatic N) is 3. The van der Waals surface area contributed by atoms with E-state index in [1.165, 1.54) is 5.56 Å². The Bertz CT molecular complexity index is 782. The maximum absolute atomic E-state index is 12.8. The minimum absolute atomic E-state index is 0.0905. The first-order valence-corrected chi connectivity index (χ1v) is 9.22. The molecule has 5 heteroatoms. The van der Waals surface area contributed by atoms with Crippen LogP contribution in [0.3, 0.4) is 0 Å². The minimum Gasteiger partial charge on any atom is -0.337 e. The van der Waals surface area contributed by atoms with Crippen molar-refractivity contribution in [3.8, 4) is 6.07 Å². The molecule has 0 bridgehead atoms. The zero-order valence-electron chi connectivity index (χ0n) is 14.0. The van der Waals surface area contributed by atoms with Gasteiger partial charge < -0.3 is 4.90 Å². The van der Waals surface area contributed by atoms with Crippen molar-refractivity contribution in [2.45, 2.75) is 13.0 Å². The van der Waals surface area contributed by atoms with Crippen LogP contribution in [0.2, 0.25) is 0 Å². The second-order valence-corrected chi connectivity index (χ2v) is 7.06. The van der Waals surface area contributed by atoms with E-state index in [9.17, 15) is 4.79 Å². The molecular formula is C20H20BrN3O. The predicted octanol–water partition coefficient (Wildman–Crippen LogP) is 3.67. The molecule has 1 amide bonds. The van der Waals surface area contributed by atoms with Crippen LogP contribution >= 0.6 is 15.9 Å². The van der Waals surface area contributed by atoms with Crippen molar-refractivity contribution in [3.63, 3.8) is 0 Å². The fourth-order valence-corrected chi connectivity index (χ4v) is 3.53. The highest BCUT2D eigenvalue weighted by Crippen LogP contribution is 2.19. The van der Waals surface area contributed by atoms with Crippen LogP contribution in [0, 0.1) is 11.3 Å². The molecule has 0 aromatic heterocycles. The molecule has 0 atom stereocenters. The summed E-state index contributed by atoms with van der Waals surface area (Å²) in [6.07, 6.45) is 0.965. The van der Waals surface area contributed by atoms with Crippen molar-refractivity contribution in [3.05, 3.63) is 69.7 Å². The highest BCUT2D eigenvalue weighted by Gasteiger charge is 2.21. The first-order valence-electron chi connectivity index (χ1n) is 8.42. The fourth-order valence-electron chi connectivity index (χ4n) is 3.08. The van der Waals surface area contributed by atoms with Crippen LogP contribution in [-0.2, 0) is 6.54 Å². The molecule has 1 aliphatic rings. The van der Waals surface area contributed by atoms with Crippen LogP contribution in [0.1, 0.15) is 27.9 Å². The lowest BCUT2D eigenvalue weighted by Gasteiger charge is -2.22. The van der Waals surface area contributed by atoms with E-state index in [0.29, 0.717) is 5.56 Å². The second-order valence-electron chi connectivity index (χ2n) is 6.21. The van der Waals surface area contributed by atoms with E-state index in [-0.39, 0.29) is 5.91 Å². The van der Waals surface area contributed by atoms with Crippen LogP contribution in [0.15, 0.2) is 53.0 Å². The number of rotatable bonds is 3. The van der Waals surface area contributed by atoms with Crippen molar-refractivity contribution >= 4 is 21.8 Å². The summed E-state index contributed by atoms with van der Waals surface area (Å²) in [7, 11) is 0. The Balaban J connectivity index is 1.61. The van der Waals surface area contributed by atoms with Gasteiger partial charge >= 0.3 is 0 Å². The molecule has 25 heavy (non-hydrogen) atoms. The van der Waals surface area contributed by atoms with E-state index in [1.54, 1.807) is 0 Å². The molecule has 2 aromatic rings. The summed E-state index contributed by atoms with van der Waals surface area (Å²) in [5, 5.41) is 8.88. The first kappa shape index (κ1) is 17.7. The Labute approximate surface area is 156 Å². The van der Waals surface area contributed by atoms with Gasteiger partial charge in [0.1, 0.15) is 0 Å². The van der Waals surface area contributed by atoms with Gasteiger partial charge in [0.05, 0.1) is 17.2 Å². The first-order chi connectivity index (χ1) is 12.2. The number of carbonyl (C=O) groups is 1. The fraction of sp³-hybridized carbons (Fsp3) is 0.300. The predicted molar refractivity (Wildman–Crippen MR) is 101 cm³/mol. The molecule has 1 fully saturated rings. The minimum atomic E-state index is 0.0905. The van der Waals surface area contributed by atoms with Gasteiger partial charge in [-0.1, -0.05) is 24.3 Å². The van der Waals surface area contributed by atoms with Crippen molar-refractivity contribution in [1.82, 2.24) is 9.80 Å². The number of hydrogen-bond donors (Lipinski definition) is 0. The molecule has 0 unspecified atom stereocenters. The molecular weight excluding hydrogens is 378 g/mol. The van der Waals surface area contributed by atoms with Gasteiger partial charge in [-0.05, 0) is 52.2 Å². The van der Waals surface area contributed by atoms with Gasteiger partial charge in [0.15, 0.2) is 0 Å². The largest absolute Gasteiger partial charge is 0.337 e. The molecule has 0 saturated carbocycles. The van der Waals surface area contributed by atoms with Gasteiger partial charge in [-0.2, -0.15) is 5.26 Å². The third-order valence-electron chi connectivity index (χ3n) is 4.47. The van der Waals surface area contributed by atoms with E-state index in [0.717, 1.165) is 49.2 Å². The topological polar surface area (TPSA) is 47.3 Å². The van der Waals surface area contributed by atoms with Crippen LogP contribution in [0.5, 0.6) is 0 Å². The normalized spacial score (nSPS) is 15.4. The number of hydrogen-bond acceptors (Lipinski definition) is 3. The lowest BCUT2D eigenvalue weighted by molar-refractivity contribution is 0.0760. The maximum atomic E-state index is 12.8. The van der Waals surface area contributed by atoms with Gasteiger partial charge in [0, 0.05) is 37.2 Å². The molecule has 2 aromatic carbocycles. The van der Waals surface area contributed by atoms with Crippen LogP contribution in [-0.4, -0.2) is 41.9 Å². The van der Waals surface area contributed by atoms with Crippen LogP contribution in [0.25, 0.3) is 0 Å². The van der Waals surface area contributed by atoms with E-state index in [1.807, 2.05) is 53.4 Å². The summed E-state index contributed by atoms with van der Waals surface area (Å²) in [6.45, 7) is 4.19. The molecule has 1 aliphatic heterocycles. The van der Waals surface area contributed by atoms with E-state index in [4.69, 9.17) is 5.26 Å². The van der Waals surface area contributed by atoms with Crippen LogP contribution < -0.4 is 0 Å². The quantitative estimate of drug-likeness (QED) is 0.793. The van der Waals surface area contributed by atoms with Gasteiger partial charge in [-0.15, -0.1) is 0 Å². The second kappa shape index (κ2) is 8.28.